The Bertz CT molecular complexity index is 1290. The van der Waals surface area contributed by atoms with Crippen molar-refractivity contribution in [3.8, 4) is 5.75 Å². The molecule has 2 N–H and O–H groups in total. The Balaban J connectivity index is 1.87. The van der Waals surface area contributed by atoms with Gasteiger partial charge in [-0.05, 0) is 54.3 Å². The number of benzene rings is 3. The number of hydrogen-bond donors (Lipinski definition) is 2. The number of likely N-dealkylation sites (N-methyl/N-ethyl adjacent to an activating group) is 1. The Labute approximate surface area is 225 Å². The van der Waals surface area contributed by atoms with Gasteiger partial charge < -0.3 is 15.0 Å². The number of rotatable bonds is 13. The van der Waals surface area contributed by atoms with E-state index in [1.165, 1.54) is 12.1 Å². The molecule has 2 amide bonds. The second-order valence-corrected chi connectivity index (χ2v) is 10.5. The van der Waals surface area contributed by atoms with Crippen LogP contribution in [0, 0.1) is 0 Å². The van der Waals surface area contributed by atoms with Gasteiger partial charge in [0.1, 0.15) is 11.8 Å². The summed E-state index contributed by atoms with van der Waals surface area (Å²) in [6.07, 6.45) is 0.550. The van der Waals surface area contributed by atoms with E-state index in [1.54, 1.807) is 31.1 Å². The topological polar surface area (TPSA) is 105 Å². The average molecular weight is 538 g/mol. The lowest BCUT2D eigenvalue weighted by Gasteiger charge is -2.31. The molecule has 3 rings (SSSR count). The minimum Gasteiger partial charge on any atom is -0.497 e. The first-order chi connectivity index (χ1) is 18.3. The average Bonchev–Trinajstić information content (AvgIpc) is 2.92. The lowest BCUT2D eigenvalue weighted by Crippen LogP contribution is -2.43. The molecular formula is C29H35N3O5S. The summed E-state index contributed by atoms with van der Waals surface area (Å²) in [4.78, 5) is 28.7. The summed E-state index contributed by atoms with van der Waals surface area (Å²) >= 11 is 0. The Morgan fingerprint density at radius 3 is 2.08 bits per heavy atom. The van der Waals surface area contributed by atoms with Gasteiger partial charge in [-0.3, -0.25) is 9.59 Å². The molecule has 0 radical (unpaired) electrons. The summed E-state index contributed by atoms with van der Waals surface area (Å²) in [6.45, 7) is 4.54. The number of aryl methyl sites for hydroxylation is 1. The zero-order chi connectivity index (χ0) is 27.5. The van der Waals surface area contributed by atoms with Gasteiger partial charge in [-0.15, -0.1) is 0 Å². The molecule has 0 heterocycles. The fourth-order valence-corrected chi connectivity index (χ4v) is 5.17. The highest BCUT2D eigenvalue weighted by atomic mass is 32.2. The molecule has 0 bridgehead atoms. The SMILES string of the molecule is CCNC(=O)[C@@H](c1ccccc1)N(Cc1ccc(OC)cc1)C(=O)CCc1ccc(S(=O)(=O)NCC)cc1. The van der Waals surface area contributed by atoms with Crippen molar-refractivity contribution < 1.29 is 22.7 Å². The number of nitrogens with one attached hydrogen (secondary N) is 2. The van der Waals surface area contributed by atoms with E-state index in [0.29, 0.717) is 25.3 Å². The van der Waals surface area contributed by atoms with Crippen LogP contribution in [0.2, 0.25) is 0 Å². The highest BCUT2D eigenvalue weighted by Crippen LogP contribution is 2.26. The Morgan fingerprint density at radius 1 is 0.868 bits per heavy atom. The Kier molecular flexibility index (Phi) is 10.4. The quantitative estimate of drug-likeness (QED) is 0.345. The number of ether oxygens (including phenoxy) is 1. The molecule has 3 aromatic carbocycles. The van der Waals surface area contributed by atoms with Gasteiger partial charge >= 0.3 is 0 Å². The van der Waals surface area contributed by atoms with Gasteiger partial charge in [0.15, 0.2) is 0 Å². The van der Waals surface area contributed by atoms with Crippen LogP contribution in [0.5, 0.6) is 5.75 Å². The van der Waals surface area contributed by atoms with Crippen LogP contribution in [-0.2, 0) is 32.6 Å². The number of sulfonamides is 1. The van der Waals surface area contributed by atoms with Gasteiger partial charge in [0, 0.05) is 26.1 Å². The van der Waals surface area contributed by atoms with Crippen molar-refractivity contribution in [1.82, 2.24) is 14.9 Å². The van der Waals surface area contributed by atoms with Crippen LogP contribution in [0.3, 0.4) is 0 Å². The summed E-state index contributed by atoms with van der Waals surface area (Å²) in [7, 11) is -1.96. The molecule has 9 heteroatoms. The number of carbonyl (C=O) groups is 2. The van der Waals surface area contributed by atoms with Gasteiger partial charge in [-0.2, -0.15) is 0 Å². The van der Waals surface area contributed by atoms with Crippen molar-refractivity contribution in [2.45, 2.75) is 44.2 Å². The highest BCUT2D eigenvalue weighted by Gasteiger charge is 2.31. The van der Waals surface area contributed by atoms with E-state index >= 15 is 0 Å². The van der Waals surface area contributed by atoms with Crippen molar-refractivity contribution in [1.29, 1.82) is 0 Å². The normalized spacial score (nSPS) is 12.0. The summed E-state index contributed by atoms with van der Waals surface area (Å²) in [6, 6.07) is 22.3. The van der Waals surface area contributed by atoms with Crippen molar-refractivity contribution in [3.63, 3.8) is 0 Å². The van der Waals surface area contributed by atoms with E-state index in [0.717, 1.165) is 16.7 Å². The third-order valence-corrected chi connectivity index (χ3v) is 7.62. The molecule has 3 aromatic rings. The molecule has 0 saturated carbocycles. The lowest BCUT2D eigenvalue weighted by molar-refractivity contribution is -0.141. The summed E-state index contributed by atoms with van der Waals surface area (Å²) in [5.41, 5.74) is 2.41. The second-order valence-electron chi connectivity index (χ2n) is 8.72. The van der Waals surface area contributed by atoms with Crippen LogP contribution in [0.25, 0.3) is 0 Å². The molecule has 0 aliphatic rings. The van der Waals surface area contributed by atoms with Gasteiger partial charge in [0.25, 0.3) is 0 Å². The summed E-state index contributed by atoms with van der Waals surface area (Å²) in [5.74, 6) is 0.262. The smallest absolute Gasteiger partial charge is 0.247 e. The van der Waals surface area contributed by atoms with Gasteiger partial charge in [0.05, 0.1) is 12.0 Å². The maximum Gasteiger partial charge on any atom is 0.247 e. The fourth-order valence-electron chi connectivity index (χ4n) is 4.13. The van der Waals surface area contributed by atoms with Crippen LogP contribution in [0.4, 0.5) is 0 Å². The van der Waals surface area contributed by atoms with Gasteiger partial charge in [-0.25, -0.2) is 13.1 Å². The number of amides is 2. The maximum absolute atomic E-state index is 13.7. The van der Waals surface area contributed by atoms with E-state index < -0.39 is 16.1 Å². The molecule has 1 atom stereocenters. The standard InChI is InChI=1S/C29H35N3O5S/c1-4-30-29(34)28(24-9-7-6-8-10-24)32(21-23-11-16-25(37-3)17-12-23)27(33)20-15-22-13-18-26(19-14-22)38(35,36)31-5-2/h6-14,16-19,28,31H,4-5,15,20-21H2,1-3H3,(H,30,34)/t28-/m1/s1. The van der Waals surface area contributed by atoms with Gasteiger partial charge in [-0.1, -0.05) is 61.5 Å². The number of hydrogen-bond acceptors (Lipinski definition) is 5. The van der Waals surface area contributed by atoms with Crippen molar-refractivity contribution >= 4 is 21.8 Å². The first-order valence-corrected chi connectivity index (χ1v) is 14.1. The minimum atomic E-state index is -3.55. The molecule has 8 nitrogen and oxygen atoms in total. The van der Waals surface area contributed by atoms with E-state index in [-0.39, 0.29) is 29.7 Å². The number of carbonyl (C=O) groups excluding carboxylic acids is 2. The number of nitrogens with zero attached hydrogens (tertiary/aromatic N) is 1. The first kappa shape index (κ1) is 28.9. The van der Waals surface area contributed by atoms with E-state index in [9.17, 15) is 18.0 Å². The van der Waals surface area contributed by atoms with Crippen LogP contribution in [-0.4, -0.2) is 45.3 Å². The third-order valence-electron chi connectivity index (χ3n) is 6.05. The molecule has 0 saturated heterocycles. The predicted octanol–water partition coefficient (Wildman–Crippen LogP) is 3.83. The first-order valence-electron chi connectivity index (χ1n) is 12.6. The van der Waals surface area contributed by atoms with E-state index in [4.69, 9.17) is 4.74 Å². The molecule has 0 aromatic heterocycles. The Hall–Kier alpha value is -3.69. The maximum atomic E-state index is 13.7. The summed E-state index contributed by atoms with van der Waals surface area (Å²) < 4.78 is 32.2. The molecule has 0 fully saturated rings. The molecule has 38 heavy (non-hydrogen) atoms. The molecule has 0 aliphatic carbocycles. The van der Waals surface area contributed by atoms with Crippen molar-refractivity contribution in [3.05, 3.63) is 95.6 Å². The largest absolute Gasteiger partial charge is 0.497 e. The molecule has 0 unspecified atom stereocenters. The monoisotopic (exact) mass is 537 g/mol. The molecular weight excluding hydrogens is 502 g/mol. The predicted molar refractivity (Wildman–Crippen MR) is 147 cm³/mol. The molecule has 0 spiro atoms. The van der Waals surface area contributed by atoms with Gasteiger partial charge in [0.2, 0.25) is 21.8 Å². The van der Waals surface area contributed by atoms with Crippen molar-refractivity contribution in [2.24, 2.45) is 0 Å². The number of methoxy groups -OCH3 is 1. The lowest BCUT2D eigenvalue weighted by atomic mass is 10.0. The van der Waals surface area contributed by atoms with Crippen LogP contribution in [0.1, 0.15) is 43.0 Å². The van der Waals surface area contributed by atoms with Crippen LogP contribution in [0.15, 0.2) is 83.8 Å². The minimum absolute atomic E-state index is 0.151. The summed E-state index contributed by atoms with van der Waals surface area (Å²) in [5, 5.41) is 2.87. The molecule has 0 aliphatic heterocycles. The van der Waals surface area contributed by atoms with E-state index in [1.807, 2.05) is 61.5 Å². The van der Waals surface area contributed by atoms with Crippen LogP contribution >= 0.6 is 0 Å². The zero-order valence-corrected chi connectivity index (χ0v) is 22.8. The highest BCUT2D eigenvalue weighted by molar-refractivity contribution is 7.89. The fraction of sp³-hybridized carbons (Fsp3) is 0.310. The second kappa shape index (κ2) is 13.7. The van der Waals surface area contributed by atoms with Crippen LogP contribution < -0.4 is 14.8 Å². The third kappa shape index (κ3) is 7.66. The van der Waals surface area contributed by atoms with E-state index in [2.05, 4.69) is 10.0 Å². The van der Waals surface area contributed by atoms with Crippen molar-refractivity contribution in [2.75, 3.05) is 20.2 Å². The zero-order valence-electron chi connectivity index (χ0n) is 22.0. The molecule has 202 valence electrons. The Morgan fingerprint density at radius 2 is 1.50 bits per heavy atom.